The third-order valence-corrected chi connectivity index (χ3v) is 3.92. The molecule has 0 unspecified atom stereocenters. The van der Waals surface area contributed by atoms with Crippen LogP contribution in [0.3, 0.4) is 0 Å². The highest BCUT2D eigenvalue weighted by Crippen LogP contribution is 2.21. The third-order valence-electron chi connectivity index (χ3n) is 3.92. The first-order chi connectivity index (χ1) is 9.56. The Bertz CT molecular complexity index is 347. The maximum Gasteiger partial charge on any atom is 0.317 e. The molecule has 20 heavy (non-hydrogen) atoms. The van der Waals surface area contributed by atoms with Crippen LogP contribution in [-0.4, -0.2) is 68.1 Å². The largest absolute Gasteiger partial charge is 0.355 e. The van der Waals surface area contributed by atoms with Gasteiger partial charge in [0.15, 0.2) is 0 Å². The minimum atomic E-state index is 0.0407. The number of piperidine rings is 1. The molecule has 0 aromatic carbocycles. The SMILES string of the molecule is CN(C)CCNC(=O)C1CCN(C(=O)NC2CC2)CC1. The summed E-state index contributed by atoms with van der Waals surface area (Å²) in [7, 11) is 3.98. The molecule has 2 aliphatic rings. The molecule has 0 radical (unpaired) electrons. The number of hydrogen-bond donors (Lipinski definition) is 2. The molecule has 114 valence electrons. The summed E-state index contributed by atoms with van der Waals surface area (Å²) in [5.74, 6) is 0.191. The van der Waals surface area contributed by atoms with E-state index in [4.69, 9.17) is 0 Å². The van der Waals surface area contributed by atoms with Crippen LogP contribution in [0.1, 0.15) is 25.7 Å². The van der Waals surface area contributed by atoms with Gasteiger partial charge < -0.3 is 20.4 Å². The number of urea groups is 1. The van der Waals surface area contributed by atoms with Gasteiger partial charge in [-0.05, 0) is 39.8 Å². The van der Waals surface area contributed by atoms with E-state index >= 15 is 0 Å². The van der Waals surface area contributed by atoms with Crippen LogP contribution in [0.15, 0.2) is 0 Å². The van der Waals surface area contributed by atoms with Gasteiger partial charge in [0, 0.05) is 38.1 Å². The molecule has 1 aliphatic carbocycles. The Morgan fingerprint density at radius 1 is 1.15 bits per heavy atom. The lowest BCUT2D eigenvalue weighted by atomic mass is 9.96. The maximum absolute atomic E-state index is 12.0. The summed E-state index contributed by atoms with van der Waals surface area (Å²) in [6, 6.07) is 0.438. The Kier molecular flexibility index (Phi) is 5.23. The zero-order chi connectivity index (χ0) is 14.5. The fourth-order valence-corrected chi connectivity index (χ4v) is 2.39. The molecular formula is C14H26N4O2. The molecule has 0 aromatic rings. The van der Waals surface area contributed by atoms with Crippen molar-refractivity contribution >= 4 is 11.9 Å². The first-order valence-corrected chi connectivity index (χ1v) is 7.54. The summed E-state index contributed by atoms with van der Waals surface area (Å²) in [4.78, 5) is 27.8. The zero-order valence-corrected chi connectivity index (χ0v) is 12.5. The molecule has 1 saturated heterocycles. The van der Waals surface area contributed by atoms with E-state index in [1.807, 2.05) is 23.9 Å². The van der Waals surface area contributed by atoms with Gasteiger partial charge in [0.1, 0.15) is 0 Å². The molecule has 2 N–H and O–H groups in total. The van der Waals surface area contributed by atoms with E-state index in [1.54, 1.807) is 0 Å². The number of nitrogens with zero attached hydrogens (tertiary/aromatic N) is 2. The van der Waals surface area contributed by atoms with E-state index in [1.165, 1.54) is 0 Å². The molecule has 2 fully saturated rings. The molecule has 0 bridgehead atoms. The van der Waals surface area contributed by atoms with Gasteiger partial charge in [-0.2, -0.15) is 0 Å². The predicted octanol–water partition coefficient (Wildman–Crippen LogP) is 0.248. The second-order valence-electron chi connectivity index (χ2n) is 6.08. The lowest BCUT2D eigenvalue weighted by Crippen LogP contribution is -2.47. The predicted molar refractivity (Wildman–Crippen MR) is 77.4 cm³/mol. The summed E-state index contributed by atoms with van der Waals surface area (Å²) in [5.41, 5.74) is 0. The third kappa shape index (κ3) is 4.67. The van der Waals surface area contributed by atoms with Crippen molar-refractivity contribution in [2.75, 3.05) is 40.3 Å². The topological polar surface area (TPSA) is 64.7 Å². The maximum atomic E-state index is 12.0. The Balaban J connectivity index is 1.65. The average molecular weight is 282 g/mol. The normalized spacial score (nSPS) is 20.1. The van der Waals surface area contributed by atoms with Crippen LogP contribution in [0.5, 0.6) is 0 Å². The molecule has 1 heterocycles. The highest BCUT2D eigenvalue weighted by Gasteiger charge is 2.30. The minimum Gasteiger partial charge on any atom is -0.355 e. The van der Waals surface area contributed by atoms with E-state index in [0.717, 1.165) is 32.2 Å². The van der Waals surface area contributed by atoms with Gasteiger partial charge in [-0.3, -0.25) is 4.79 Å². The number of carbonyl (C=O) groups is 2. The zero-order valence-electron chi connectivity index (χ0n) is 12.5. The molecule has 1 saturated carbocycles. The van der Waals surface area contributed by atoms with Crippen LogP contribution in [0.2, 0.25) is 0 Å². The lowest BCUT2D eigenvalue weighted by Gasteiger charge is -2.31. The Labute approximate surface area is 120 Å². The van der Waals surface area contributed by atoms with E-state index in [2.05, 4.69) is 10.6 Å². The molecule has 6 heteroatoms. The smallest absolute Gasteiger partial charge is 0.317 e. The van der Waals surface area contributed by atoms with Crippen molar-refractivity contribution in [3.8, 4) is 0 Å². The molecule has 1 aliphatic heterocycles. The van der Waals surface area contributed by atoms with Gasteiger partial charge in [-0.15, -0.1) is 0 Å². The Hall–Kier alpha value is -1.30. The van der Waals surface area contributed by atoms with Crippen LogP contribution in [0.25, 0.3) is 0 Å². The van der Waals surface area contributed by atoms with Crippen molar-refractivity contribution in [1.29, 1.82) is 0 Å². The van der Waals surface area contributed by atoms with Crippen LogP contribution >= 0.6 is 0 Å². The number of amides is 3. The van der Waals surface area contributed by atoms with Crippen molar-refractivity contribution < 1.29 is 9.59 Å². The van der Waals surface area contributed by atoms with Crippen LogP contribution in [0.4, 0.5) is 4.79 Å². The molecule has 0 spiro atoms. The molecule has 6 nitrogen and oxygen atoms in total. The van der Waals surface area contributed by atoms with E-state index in [-0.39, 0.29) is 17.9 Å². The standard InChI is InChI=1S/C14H26N4O2/c1-17(2)10-7-15-13(19)11-5-8-18(9-6-11)14(20)16-12-3-4-12/h11-12H,3-10H2,1-2H3,(H,15,19)(H,16,20). The van der Waals surface area contributed by atoms with Crippen molar-refractivity contribution in [2.45, 2.75) is 31.7 Å². The van der Waals surface area contributed by atoms with Crippen molar-refractivity contribution in [3.63, 3.8) is 0 Å². The van der Waals surface area contributed by atoms with E-state index < -0.39 is 0 Å². The quantitative estimate of drug-likeness (QED) is 0.759. The first-order valence-electron chi connectivity index (χ1n) is 7.54. The van der Waals surface area contributed by atoms with Gasteiger partial charge in [0.25, 0.3) is 0 Å². The van der Waals surface area contributed by atoms with Gasteiger partial charge in [-0.1, -0.05) is 0 Å². The Morgan fingerprint density at radius 2 is 1.80 bits per heavy atom. The fourth-order valence-electron chi connectivity index (χ4n) is 2.39. The first kappa shape index (κ1) is 15.1. The average Bonchev–Trinajstić information content (AvgIpc) is 3.22. The highest BCUT2D eigenvalue weighted by molar-refractivity contribution is 5.79. The highest BCUT2D eigenvalue weighted by atomic mass is 16.2. The van der Waals surface area contributed by atoms with Crippen molar-refractivity contribution in [3.05, 3.63) is 0 Å². The van der Waals surface area contributed by atoms with Gasteiger partial charge in [-0.25, -0.2) is 4.79 Å². The molecule has 2 rings (SSSR count). The van der Waals surface area contributed by atoms with Crippen LogP contribution in [0, 0.1) is 5.92 Å². The van der Waals surface area contributed by atoms with Crippen LogP contribution in [-0.2, 0) is 4.79 Å². The molecule has 0 aromatic heterocycles. The summed E-state index contributed by atoms with van der Waals surface area (Å²) in [6.07, 6.45) is 3.75. The number of likely N-dealkylation sites (N-methyl/N-ethyl adjacent to an activating group) is 1. The van der Waals surface area contributed by atoms with E-state index in [0.29, 0.717) is 25.7 Å². The minimum absolute atomic E-state index is 0.0407. The summed E-state index contributed by atoms with van der Waals surface area (Å²) in [6.45, 7) is 2.91. The van der Waals surface area contributed by atoms with Crippen molar-refractivity contribution in [2.24, 2.45) is 5.92 Å². The Morgan fingerprint density at radius 3 is 2.35 bits per heavy atom. The number of hydrogen-bond acceptors (Lipinski definition) is 3. The number of nitrogens with one attached hydrogen (secondary N) is 2. The van der Waals surface area contributed by atoms with Crippen molar-refractivity contribution in [1.82, 2.24) is 20.4 Å². The molecular weight excluding hydrogens is 256 g/mol. The molecule has 0 atom stereocenters. The van der Waals surface area contributed by atoms with Crippen LogP contribution < -0.4 is 10.6 Å². The second-order valence-corrected chi connectivity index (χ2v) is 6.08. The second kappa shape index (κ2) is 6.92. The van der Waals surface area contributed by atoms with Gasteiger partial charge >= 0.3 is 6.03 Å². The number of rotatable bonds is 5. The lowest BCUT2D eigenvalue weighted by molar-refractivity contribution is -0.126. The molecule has 3 amide bonds. The summed E-state index contributed by atoms with van der Waals surface area (Å²) < 4.78 is 0. The van der Waals surface area contributed by atoms with E-state index in [9.17, 15) is 9.59 Å². The number of likely N-dealkylation sites (tertiary alicyclic amines) is 1. The number of carbonyl (C=O) groups excluding carboxylic acids is 2. The van der Waals surface area contributed by atoms with Gasteiger partial charge in [0.05, 0.1) is 0 Å². The monoisotopic (exact) mass is 282 g/mol. The summed E-state index contributed by atoms with van der Waals surface area (Å²) in [5, 5.41) is 5.97. The summed E-state index contributed by atoms with van der Waals surface area (Å²) >= 11 is 0. The fraction of sp³-hybridized carbons (Fsp3) is 0.857. The van der Waals surface area contributed by atoms with Gasteiger partial charge in [0.2, 0.25) is 5.91 Å².